The number of ether oxygens (including phenoxy) is 1. The number of H-pyrrole nitrogens is 1. The van der Waals surface area contributed by atoms with E-state index in [1.165, 1.54) is 28.4 Å². The van der Waals surface area contributed by atoms with Crippen LogP contribution in [0.4, 0.5) is 5.69 Å². The Morgan fingerprint density at radius 1 is 1.38 bits per heavy atom. The number of aromatic nitrogens is 2. The monoisotopic (exact) mass is 393 g/mol. The van der Waals surface area contributed by atoms with E-state index in [1.54, 1.807) is 10.6 Å². The number of rotatable bonds is 4. The summed E-state index contributed by atoms with van der Waals surface area (Å²) in [6, 6.07) is 4.62. The molecule has 1 aliphatic rings. The Morgan fingerprint density at radius 2 is 2.15 bits per heavy atom. The largest absolute Gasteiger partial charge is 0.370 e. The first-order valence-corrected chi connectivity index (χ1v) is 9.52. The summed E-state index contributed by atoms with van der Waals surface area (Å²) in [5, 5.41) is 11.7. The van der Waals surface area contributed by atoms with Gasteiger partial charge in [-0.05, 0) is 18.3 Å². The Bertz CT molecular complexity index is 1110. The van der Waals surface area contributed by atoms with Gasteiger partial charge in [0.05, 0.1) is 36.7 Å². The number of morpholine rings is 1. The Kier molecular flexibility index (Phi) is 4.57. The fourth-order valence-electron chi connectivity index (χ4n) is 3.25. The highest BCUT2D eigenvalue weighted by atomic mass is 32.1. The maximum Gasteiger partial charge on any atom is 0.272 e. The van der Waals surface area contributed by atoms with Gasteiger partial charge in [-0.2, -0.15) is 0 Å². The number of nitro groups is 1. The van der Waals surface area contributed by atoms with Gasteiger partial charge in [0.15, 0.2) is 4.77 Å². The molecule has 0 saturated carbocycles. The van der Waals surface area contributed by atoms with E-state index in [0.717, 1.165) is 37.5 Å². The first-order valence-electron chi connectivity index (χ1n) is 8.29. The van der Waals surface area contributed by atoms with E-state index in [0.29, 0.717) is 26.9 Å². The van der Waals surface area contributed by atoms with Crippen LogP contribution in [0.2, 0.25) is 0 Å². The van der Waals surface area contributed by atoms with E-state index < -0.39 is 4.92 Å². The summed E-state index contributed by atoms with van der Waals surface area (Å²) in [4.78, 5) is 28.0. The lowest BCUT2D eigenvalue weighted by Gasteiger charge is -2.23. The number of nitrogens with zero attached hydrogens (tertiary/aromatic N) is 2. The predicted molar refractivity (Wildman–Crippen MR) is 102 cm³/mol. The van der Waals surface area contributed by atoms with Crippen LogP contribution in [0.15, 0.2) is 23.0 Å². The number of fused-ring (bicyclic) bond motifs is 3. The third-order valence-corrected chi connectivity index (χ3v) is 6.17. The van der Waals surface area contributed by atoms with Crippen LogP contribution in [-0.2, 0) is 11.3 Å². The van der Waals surface area contributed by atoms with E-state index in [1.807, 2.05) is 0 Å². The van der Waals surface area contributed by atoms with Crippen molar-refractivity contribution in [3.8, 4) is 0 Å². The Hall–Kier alpha value is -2.14. The molecule has 0 amide bonds. The molecule has 0 unspecified atom stereocenters. The molecule has 1 saturated heterocycles. The van der Waals surface area contributed by atoms with Crippen LogP contribution in [0, 0.1) is 14.9 Å². The average molecular weight is 393 g/mol. The molecule has 26 heavy (non-hydrogen) atoms. The number of non-ortho nitro benzene ring substituents is 1. The molecule has 0 atom stereocenters. The number of benzene rings is 1. The molecule has 0 bridgehead atoms. The lowest BCUT2D eigenvalue weighted by Crippen LogP contribution is -3.14. The third-order valence-electron chi connectivity index (χ3n) is 4.69. The highest BCUT2D eigenvalue weighted by molar-refractivity contribution is 7.71. The van der Waals surface area contributed by atoms with Crippen LogP contribution in [0.25, 0.3) is 20.3 Å². The quantitative estimate of drug-likeness (QED) is 0.393. The van der Waals surface area contributed by atoms with Gasteiger partial charge < -0.3 is 14.6 Å². The number of quaternary nitrogens is 1. The second kappa shape index (κ2) is 6.88. The summed E-state index contributed by atoms with van der Waals surface area (Å²) in [6.45, 7) is 4.69. The summed E-state index contributed by atoms with van der Waals surface area (Å²) < 4.78 is 8.66. The van der Waals surface area contributed by atoms with E-state index in [-0.39, 0.29) is 11.2 Å². The van der Waals surface area contributed by atoms with Crippen LogP contribution in [0.1, 0.15) is 0 Å². The molecule has 2 aromatic heterocycles. The van der Waals surface area contributed by atoms with Crippen molar-refractivity contribution in [3.05, 3.63) is 43.4 Å². The minimum absolute atomic E-state index is 0.00313. The maximum atomic E-state index is 12.9. The van der Waals surface area contributed by atoms with Crippen LogP contribution in [0.5, 0.6) is 0 Å². The molecule has 3 heterocycles. The first kappa shape index (κ1) is 17.3. The van der Waals surface area contributed by atoms with Crippen molar-refractivity contribution in [1.29, 1.82) is 0 Å². The number of aromatic amines is 1. The number of nitro benzene ring substituents is 1. The normalized spacial score (nSPS) is 15.7. The minimum atomic E-state index is -0.441. The van der Waals surface area contributed by atoms with Gasteiger partial charge in [-0.25, -0.2) is 0 Å². The van der Waals surface area contributed by atoms with Gasteiger partial charge >= 0.3 is 0 Å². The predicted octanol–water partition coefficient (Wildman–Crippen LogP) is 1.10. The maximum absolute atomic E-state index is 12.9. The topological polar surface area (TPSA) is 94.6 Å². The fraction of sp³-hybridized carbons (Fsp3) is 0.375. The minimum Gasteiger partial charge on any atom is -0.370 e. The zero-order valence-corrected chi connectivity index (χ0v) is 15.5. The second-order valence-corrected chi connectivity index (χ2v) is 7.68. The Morgan fingerprint density at radius 3 is 2.88 bits per heavy atom. The summed E-state index contributed by atoms with van der Waals surface area (Å²) in [5.41, 5.74) is 0.440. The molecule has 10 heteroatoms. The van der Waals surface area contributed by atoms with Crippen LogP contribution >= 0.6 is 23.6 Å². The molecule has 0 radical (unpaired) electrons. The van der Waals surface area contributed by atoms with Crippen LogP contribution in [0.3, 0.4) is 0 Å². The molecule has 2 N–H and O–H groups in total. The van der Waals surface area contributed by atoms with Gasteiger partial charge in [-0.1, -0.05) is 0 Å². The Labute approximate surface area is 156 Å². The van der Waals surface area contributed by atoms with Gasteiger partial charge in [0.25, 0.3) is 11.2 Å². The van der Waals surface area contributed by atoms with Crippen molar-refractivity contribution < 1.29 is 14.6 Å². The second-order valence-electron chi connectivity index (χ2n) is 6.24. The number of hydrogen-bond donors (Lipinski definition) is 2. The summed E-state index contributed by atoms with van der Waals surface area (Å²) in [6.07, 6.45) is 0. The molecule has 136 valence electrons. The average Bonchev–Trinajstić information content (AvgIpc) is 3.00. The van der Waals surface area contributed by atoms with Gasteiger partial charge in [0.1, 0.15) is 17.8 Å². The molecule has 1 aliphatic heterocycles. The van der Waals surface area contributed by atoms with Gasteiger partial charge in [0.2, 0.25) is 0 Å². The van der Waals surface area contributed by atoms with Gasteiger partial charge in [0, 0.05) is 22.2 Å². The van der Waals surface area contributed by atoms with Crippen molar-refractivity contribution in [3.63, 3.8) is 0 Å². The van der Waals surface area contributed by atoms with E-state index in [4.69, 9.17) is 17.0 Å². The van der Waals surface area contributed by atoms with Crippen molar-refractivity contribution in [2.24, 2.45) is 0 Å². The first-order chi connectivity index (χ1) is 12.5. The molecule has 0 aliphatic carbocycles. The van der Waals surface area contributed by atoms with Crippen molar-refractivity contribution in [1.82, 2.24) is 9.55 Å². The molecule has 1 fully saturated rings. The number of thiophene rings is 1. The van der Waals surface area contributed by atoms with Crippen LogP contribution in [-0.4, -0.2) is 47.3 Å². The van der Waals surface area contributed by atoms with Crippen molar-refractivity contribution in [2.75, 3.05) is 32.8 Å². The van der Waals surface area contributed by atoms with E-state index in [2.05, 4.69) is 4.98 Å². The molecular weight excluding hydrogens is 376 g/mol. The van der Waals surface area contributed by atoms with Crippen LogP contribution < -0.4 is 10.5 Å². The molecule has 8 nitrogen and oxygen atoms in total. The number of hydrogen-bond acceptors (Lipinski definition) is 6. The molecule has 3 aromatic rings. The smallest absolute Gasteiger partial charge is 0.272 e. The number of nitrogens with one attached hydrogen (secondary N) is 2. The summed E-state index contributed by atoms with van der Waals surface area (Å²) in [7, 11) is 0. The molecule has 0 spiro atoms. The highest BCUT2D eigenvalue weighted by Crippen LogP contribution is 2.32. The zero-order chi connectivity index (χ0) is 18.3. The van der Waals surface area contributed by atoms with E-state index in [9.17, 15) is 14.9 Å². The van der Waals surface area contributed by atoms with Gasteiger partial charge in [-0.15, -0.1) is 11.3 Å². The molecule has 1 aromatic carbocycles. The zero-order valence-electron chi connectivity index (χ0n) is 13.8. The lowest BCUT2D eigenvalue weighted by molar-refractivity contribution is -0.908. The fourth-order valence-corrected chi connectivity index (χ4v) is 4.61. The van der Waals surface area contributed by atoms with Gasteiger partial charge in [-0.3, -0.25) is 19.5 Å². The highest BCUT2D eigenvalue weighted by Gasteiger charge is 2.17. The SMILES string of the molecule is O=c1c2sc3ccc([N+](=O)[O-])cc3c2[nH]c(=S)n1CC[NH+]1CCOCC1. The summed E-state index contributed by atoms with van der Waals surface area (Å²) in [5.74, 6) is 0. The Balaban J connectivity index is 1.76. The molecular formula is C16H17N4O4S2+. The van der Waals surface area contributed by atoms with Crippen molar-refractivity contribution >= 4 is 49.5 Å². The van der Waals surface area contributed by atoms with Crippen molar-refractivity contribution in [2.45, 2.75) is 6.54 Å². The van der Waals surface area contributed by atoms with E-state index >= 15 is 0 Å². The summed E-state index contributed by atoms with van der Waals surface area (Å²) >= 11 is 6.72. The third kappa shape index (κ3) is 3.05. The molecule has 4 rings (SSSR count). The standard InChI is InChI=1S/C16H16N4O4S2/c21-15-14-13(11-9-10(20(22)23)1-2-12(11)26-14)17-16(25)19(15)4-3-18-5-7-24-8-6-18/h1-2,9H,3-8H2,(H,17,25)/p+1. The lowest BCUT2D eigenvalue weighted by atomic mass is 10.2.